The number of hydrogen-bond donors (Lipinski definition) is 3. The highest BCUT2D eigenvalue weighted by Crippen LogP contribution is 2.47. The number of alkyl halides is 3. The third-order valence-electron chi connectivity index (χ3n) is 6.32. The molecule has 2 aromatic heterocycles. The molecule has 2 heterocycles. The number of rotatable bonds is 6. The maximum absolute atomic E-state index is 12.8. The van der Waals surface area contributed by atoms with E-state index in [4.69, 9.17) is 0 Å². The van der Waals surface area contributed by atoms with Crippen LogP contribution in [0.4, 0.5) is 23.8 Å². The molecule has 8 nitrogen and oxygen atoms in total. The van der Waals surface area contributed by atoms with E-state index < -0.39 is 23.7 Å². The maximum atomic E-state index is 12.8. The largest absolute Gasteiger partial charge is 0.465 e. The Morgan fingerprint density at radius 3 is 2.72 bits per heavy atom. The first-order valence-electron chi connectivity index (χ1n) is 10.4. The molecule has 2 aromatic rings. The van der Waals surface area contributed by atoms with Crippen molar-refractivity contribution in [3.8, 4) is 0 Å². The highest BCUT2D eigenvalue weighted by atomic mass is 19.4. The van der Waals surface area contributed by atoms with Gasteiger partial charge in [-0.15, -0.1) is 0 Å². The molecule has 3 N–H and O–H groups in total. The average Bonchev–Trinajstić information content (AvgIpc) is 3.08. The number of anilines is 1. The van der Waals surface area contributed by atoms with E-state index in [1.54, 1.807) is 11.0 Å². The van der Waals surface area contributed by atoms with Gasteiger partial charge in [-0.2, -0.15) is 18.3 Å². The fraction of sp³-hybridized carbons (Fsp3) is 0.524. The van der Waals surface area contributed by atoms with Crippen LogP contribution in [-0.4, -0.2) is 48.8 Å². The maximum Gasteiger partial charge on any atom is 0.416 e. The second kappa shape index (κ2) is 8.10. The van der Waals surface area contributed by atoms with Crippen LogP contribution < -0.4 is 5.32 Å². The SMILES string of the molecule is CC1(N(C(=O)O)[C@@H]2CC[C@H](c3cc(NC(=O)Cc4cc(C(F)(F)F)ccn4)n[nH]3)C2)CC1. The number of halogens is 3. The quantitative estimate of drug-likeness (QED) is 0.610. The minimum atomic E-state index is -4.50. The molecule has 0 radical (unpaired) electrons. The molecular weight excluding hydrogens is 427 g/mol. The molecule has 2 fully saturated rings. The van der Waals surface area contributed by atoms with Crippen molar-refractivity contribution >= 4 is 17.8 Å². The summed E-state index contributed by atoms with van der Waals surface area (Å²) in [5.74, 6) is -0.171. The predicted molar refractivity (Wildman–Crippen MR) is 108 cm³/mol. The van der Waals surface area contributed by atoms with Gasteiger partial charge in [0.05, 0.1) is 17.7 Å². The van der Waals surface area contributed by atoms with Crippen molar-refractivity contribution in [2.75, 3.05) is 5.32 Å². The van der Waals surface area contributed by atoms with E-state index in [1.165, 1.54) is 0 Å². The van der Waals surface area contributed by atoms with Gasteiger partial charge < -0.3 is 10.4 Å². The lowest BCUT2D eigenvalue weighted by Gasteiger charge is -2.32. The van der Waals surface area contributed by atoms with Crippen LogP contribution in [-0.2, 0) is 17.4 Å². The fourth-order valence-electron chi connectivity index (χ4n) is 4.44. The zero-order valence-electron chi connectivity index (χ0n) is 17.4. The van der Waals surface area contributed by atoms with Gasteiger partial charge in [-0.25, -0.2) is 4.79 Å². The first kappa shape index (κ1) is 22.1. The van der Waals surface area contributed by atoms with Gasteiger partial charge in [-0.05, 0) is 51.2 Å². The summed E-state index contributed by atoms with van der Waals surface area (Å²) >= 11 is 0. The molecule has 2 saturated carbocycles. The van der Waals surface area contributed by atoms with Crippen molar-refractivity contribution in [1.82, 2.24) is 20.1 Å². The lowest BCUT2D eigenvalue weighted by atomic mass is 10.0. The Bertz CT molecular complexity index is 1020. The van der Waals surface area contributed by atoms with Crippen LogP contribution >= 0.6 is 0 Å². The van der Waals surface area contributed by atoms with Crippen LogP contribution in [0.3, 0.4) is 0 Å². The number of amides is 2. The number of pyridine rings is 1. The van der Waals surface area contributed by atoms with Gasteiger partial charge in [0.2, 0.25) is 5.91 Å². The summed E-state index contributed by atoms with van der Waals surface area (Å²) in [7, 11) is 0. The molecule has 0 aromatic carbocycles. The fourth-order valence-corrected chi connectivity index (χ4v) is 4.44. The van der Waals surface area contributed by atoms with Crippen LogP contribution in [0.5, 0.6) is 0 Å². The van der Waals surface area contributed by atoms with Gasteiger partial charge in [0.25, 0.3) is 0 Å². The normalized spacial score (nSPS) is 21.9. The molecule has 0 saturated heterocycles. The molecule has 2 amide bonds. The third-order valence-corrected chi connectivity index (χ3v) is 6.32. The Labute approximate surface area is 182 Å². The van der Waals surface area contributed by atoms with E-state index in [0.29, 0.717) is 6.42 Å². The predicted octanol–water partition coefficient (Wildman–Crippen LogP) is 4.17. The number of H-pyrrole nitrogens is 1. The molecule has 0 unspecified atom stereocenters. The van der Waals surface area contributed by atoms with Gasteiger partial charge in [0, 0.05) is 35.5 Å². The van der Waals surface area contributed by atoms with E-state index in [9.17, 15) is 27.9 Å². The third kappa shape index (κ3) is 4.71. The molecule has 2 atom stereocenters. The lowest BCUT2D eigenvalue weighted by molar-refractivity contribution is -0.137. The Balaban J connectivity index is 1.35. The number of carbonyl (C=O) groups excluding carboxylic acids is 1. The number of nitrogens with zero attached hydrogens (tertiary/aromatic N) is 3. The summed E-state index contributed by atoms with van der Waals surface area (Å²) in [4.78, 5) is 29.4. The second-order valence-corrected chi connectivity index (χ2v) is 8.78. The van der Waals surface area contributed by atoms with Gasteiger partial charge in [-0.3, -0.25) is 19.8 Å². The summed E-state index contributed by atoms with van der Waals surface area (Å²) < 4.78 is 38.4. The number of nitrogens with one attached hydrogen (secondary N) is 2. The molecule has 2 aliphatic rings. The number of carboxylic acid groups (broad SMARTS) is 1. The average molecular weight is 451 g/mol. The molecule has 32 heavy (non-hydrogen) atoms. The molecule has 0 aliphatic heterocycles. The van der Waals surface area contributed by atoms with E-state index >= 15 is 0 Å². The van der Waals surface area contributed by atoms with Gasteiger partial charge in [0.15, 0.2) is 5.82 Å². The van der Waals surface area contributed by atoms with Crippen molar-refractivity contribution in [3.63, 3.8) is 0 Å². The summed E-state index contributed by atoms with van der Waals surface area (Å²) in [6.07, 6.45) is -0.702. The molecule has 2 aliphatic carbocycles. The van der Waals surface area contributed by atoms with Crippen molar-refractivity contribution < 1.29 is 27.9 Å². The Kier molecular flexibility index (Phi) is 5.59. The highest BCUT2D eigenvalue weighted by molar-refractivity contribution is 5.91. The number of carbonyl (C=O) groups is 2. The molecule has 11 heteroatoms. The van der Waals surface area contributed by atoms with Crippen LogP contribution in [0.25, 0.3) is 0 Å². The highest BCUT2D eigenvalue weighted by Gasteiger charge is 2.50. The molecule has 0 spiro atoms. The monoisotopic (exact) mass is 451 g/mol. The first-order valence-corrected chi connectivity index (χ1v) is 10.4. The van der Waals surface area contributed by atoms with Gasteiger partial charge in [-0.1, -0.05) is 0 Å². The molecule has 172 valence electrons. The van der Waals surface area contributed by atoms with Crippen molar-refractivity contribution in [1.29, 1.82) is 0 Å². The Morgan fingerprint density at radius 2 is 2.06 bits per heavy atom. The minimum Gasteiger partial charge on any atom is -0.465 e. The topological polar surface area (TPSA) is 111 Å². The van der Waals surface area contributed by atoms with Crippen molar-refractivity contribution in [2.45, 2.75) is 69.1 Å². The van der Waals surface area contributed by atoms with Crippen LogP contribution in [0.1, 0.15) is 61.9 Å². The Hall–Kier alpha value is -3.11. The lowest BCUT2D eigenvalue weighted by Crippen LogP contribution is -2.45. The van der Waals surface area contributed by atoms with E-state index in [1.807, 2.05) is 6.92 Å². The minimum absolute atomic E-state index is 0.00838. The summed E-state index contributed by atoms with van der Waals surface area (Å²) in [6, 6.07) is 3.33. The van der Waals surface area contributed by atoms with E-state index in [-0.39, 0.29) is 35.4 Å². The van der Waals surface area contributed by atoms with Gasteiger partial charge in [0.1, 0.15) is 0 Å². The van der Waals surface area contributed by atoms with Crippen LogP contribution in [0, 0.1) is 0 Å². The Morgan fingerprint density at radius 1 is 1.31 bits per heavy atom. The number of hydrogen-bond acceptors (Lipinski definition) is 4. The van der Waals surface area contributed by atoms with E-state index in [0.717, 1.165) is 49.7 Å². The standard InChI is InChI=1S/C21H24F3N5O3/c1-20(5-6-20)29(19(31)32)15-3-2-12(8-15)16-11-17(28-27-16)26-18(30)10-14-9-13(4-7-25-14)21(22,23)24/h4,7,9,11-12,15H,2-3,5-6,8,10H2,1H3,(H,31,32)(H2,26,27,28,30)/t12-,15+/m0/s1. The summed E-state index contributed by atoms with van der Waals surface area (Å²) in [6.45, 7) is 1.97. The molecular formula is C21H24F3N5O3. The second-order valence-electron chi connectivity index (χ2n) is 8.78. The number of aromatic amines is 1. The molecule has 4 rings (SSSR count). The smallest absolute Gasteiger partial charge is 0.416 e. The zero-order valence-corrected chi connectivity index (χ0v) is 17.4. The van der Waals surface area contributed by atoms with Gasteiger partial charge >= 0.3 is 12.3 Å². The first-order chi connectivity index (χ1) is 15.0. The van der Waals surface area contributed by atoms with E-state index in [2.05, 4.69) is 20.5 Å². The summed E-state index contributed by atoms with van der Waals surface area (Å²) in [5.41, 5.74) is -0.320. The van der Waals surface area contributed by atoms with Crippen LogP contribution in [0.15, 0.2) is 24.4 Å². The summed E-state index contributed by atoms with van der Waals surface area (Å²) in [5, 5.41) is 19.2. The molecule has 0 bridgehead atoms. The number of aromatic nitrogens is 3. The zero-order chi connectivity index (χ0) is 23.1. The van der Waals surface area contributed by atoms with Crippen molar-refractivity contribution in [2.24, 2.45) is 0 Å². The van der Waals surface area contributed by atoms with Crippen molar-refractivity contribution in [3.05, 3.63) is 41.3 Å². The van der Waals surface area contributed by atoms with Crippen LogP contribution in [0.2, 0.25) is 0 Å².